The van der Waals surface area contributed by atoms with E-state index < -0.39 is 0 Å². The highest BCUT2D eigenvalue weighted by Crippen LogP contribution is 2.56. The monoisotopic (exact) mass is 327 g/mol. The molecule has 0 spiro atoms. The molecule has 0 radical (unpaired) electrons. The third-order valence-corrected chi connectivity index (χ3v) is 5.49. The Morgan fingerprint density at radius 2 is 2.16 bits per heavy atom. The third kappa shape index (κ3) is 2.73. The molecular weight excluding hydrogens is 305 g/mol. The zero-order valence-electron chi connectivity index (χ0n) is 12.0. The Bertz CT molecular complexity index is 448. The molecule has 3 unspecified atom stereocenters. The fourth-order valence-electron chi connectivity index (χ4n) is 3.25. The van der Waals surface area contributed by atoms with E-state index in [2.05, 4.69) is 42.0 Å². The van der Waals surface area contributed by atoms with Crippen LogP contribution < -0.4 is 5.32 Å². The van der Waals surface area contributed by atoms with Crippen molar-refractivity contribution in [3.8, 4) is 0 Å². The summed E-state index contributed by atoms with van der Waals surface area (Å²) in [6.45, 7) is 7.88. The third-order valence-electron chi connectivity index (χ3n) is 4.80. The van der Waals surface area contributed by atoms with E-state index in [1.165, 1.54) is 12.0 Å². The Kier molecular flexibility index (Phi) is 4.67. The highest BCUT2D eigenvalue weighted by atomic mass is 79.9. The number of hydrogen-bond acceptors (Lipinski definition) is 1. The molecule has 1 aliphatic carbocycles. The van der Waals surface area contributed by atoms with Gasteiger partial charge < -0.3 is 5.32 Å². The summed E-state index contributed by atoms with van der Waals surface area (Å²) >= 11 is 3.52. The molecule has 1 aromatic carbocycles. The Morgan fingerprint density at radius 3 is 2.74 bits per heavy atom. The molecule has 0 heterocycles. The van der Waals surface area contributed by atoms with Crippen molar-refractivity contribution in [3.63, 3.8) is 0 Å². The summed E-state index contributed by atoms with van der Waals surface area (Å²) in [4.78, 5) is 0. The van der Waals surface area contributed by atoms with Crippen molar-refractivity contribution < 1.29 is 4.39 Å². The van der Waals surface area contributed by atoms with Crippen molar-refractivity contribution >= 4 is 15.9 Å². The first-order valence-electron chi connectivity index (χ1n) is 7.21. The van der Waals surface area contributed by atoms with E-state index in [0.717, 1.165) is 23.9 Å². The van der Waals surface area contributed by atoms with Gasteiger partial charge in [0.1, 0.15) is 5.82 Å². The summed E-state index contributed by atoms with van der Waals surface area (Å²) in [6.07, 6.45) is 3.46. The first kappa shape index (κ1) is 15.0. The van der Waals surface area contributed by atoms with E-state index in [4.69, 9.17) is 0 Å². The fraction of sp³-hybridized carbons (Fsp3) is 0.625. The maximum atomic E-state index is 13.2. The molecule has 106 valence electrons. The maximum absolute atomic E-state index is 13.2. The summed E-state index contributed by atoms with van der Waals surface area (Å²) < 4.78 is 14.1. The summed E-state index contributed by atoms with van der Waals surface area (Å²) in [5, 5.41) is 3.65. The second-order valence-corrected chi connectivity index (χ2v) is 6.67. The molecule has 1 nitrogen and oxygen atoms in total. The lowest BCUT2D eigenvalue weighted by atomic mass is 9.54. The summed E-state index contributed by atoms with van der Waals surface area (Å²) in [5.41, 5.74) is 1.52. The van der Waals surface area contributed by atoms with Gasteiger partial charge in [-0.15, -0.1) is 0 Å². The number of benzene rings is 1. The topological polar surface area (TPSA) is 12.0 Å². The standard InChI is InChI=1S/C16H23BrFN/c1-4-8-19-15-10-13(16(15,3)5-2)12-7-6-11(18)9-14(12)17/h6-7,9,13,15,19H,4-5,8,10H2,1-3H3. The van der Waals surface area contributed by atoms with Crippen LogP contribution in [0.5, 0.6) is 0 Å². The molecule has 1 saturated carbocycles. The van der Waals surface area contributed by atoms with E-state index in [-0.39, 0.29) is 11.2 Å². The van der Waals surface area contributed by atoms with Crippen molar-refractivity contribution in [1.82, 2.24) is 5.32 Å². The van der Waals surface area contributed by atoms with Crippen LogP contribution in [0.3, 0.4) is 0 Å². The zero-order chi connectivity index (χ0) is 14.0. The molecule has 0 amide bonds. The van der Waals surface area contributed by atoms with Gasteiger partial charge in [-0.1, -0.05) is 42.8 Å². The van der Waals surface area contributed by atoms with Gasteiger partial charge in [-0.25, -0.2) is 4.39 Å². The minimum absolute atomic E-state index is 0.172. The van der Waals surface area contributed by atoms with Gasteiger partial charge in [0.15, 0.2) is 0 Å². The van der Waals surface area contributed by atoms with Gasteiger partial charge in [0.25, 0.3) is 0 Å². The van der Waals surface area contributed by atoms with Crippen LogP contribution in [0.2, 0.25) is 0 Å². The van der Waals surface area contributed by atoms with Crippen LogP contribution in [-0.2, 0) is 0 Å². The van der Waals surface area contributed by atoms with Crippen LogP contribution in [-0.4, -0.2) is 12.6 Å². The highest BCUT2D eigenvalue weighted by molar-refractivity contribution is 9.10. The highest BCUT2D eigenvalue weighted by Gasteiger charge is 2.50. The van der Waals surface area contributed by atoms with Crippen LogP contribution in [0, 0.1) is 11.2 Å². The maximum Gasteiger partial charge on any atom is 0.124 e. The molecule has 2 rings (SSSR count). The molecule has 1 aliphatic rings. The normalized spacial score (nSPS) is 30.2. The Balaban J connectivity index is 2.18. The molecular formula is C16H23BrFN. The van der Waals surface area contributed by atoms with Crippen LogP contribution in [0.4, 0.5) is 4.39 Å². The molecule has 1 fully saturated rings. The van der Waals surface area contributed by atoms with Crippen LogP contribution in [0.15, 0.2) is 22.7 Å². The minimum atomic E-state index is -0.172. The van der Waals surface area contributed by atoms with Crippen LogP contribution >= 0.6 is 15.9 Å². The molecule has 0 aliphatic heterocycles. The Hall–Kier alpha value is -0.410. The summed E-state index contributed by atoms with van der Waals surface area (Å²) in [7, 11) is 0. The quantitative estimate of drug-likeness (QED) is 0.814. The van der Waals surface area contributed by atoms with E-state index in [9.17, 15) is 4.39 Å². The van der Waals surface area contributed by atoms with E-state index >= 15 is 0 Å². The molecule has 0 saturated heterocycles. The zero-order valence-corrected chi connectivity index (χ0v) is 13.6. The predicted octanol–water partition coefficient (Wildman–Crippen LogP) is 4.86. The molecule has 1 aromatic rings. The van der Waals surface area contributed by atoms with E-state index in [1.807, 2.05) is 6.07 Å². The molecule has 3 atom stereocenters. The molecule has 0 aromatic heterocycles. The van der Waals surface area contributed by atoms with Gasteiger partial charge in [-0.3, -0.25) is 0 Å². The number of hydrogen-bond donors (Lipinski definition) is 1. The van der Waals surface area contributed by atoms with E-state index in [1.54, 1.807) is 12.1 Å². The molecule has 0 bridgehead atoms. The predicted molar refractivity (Wildman–Crippen MR) is 81.9 cm³/mol. The first-order chi connectivity index (χ1) is 9.02. The van der Waals surface area contributed by atoms with Gasteiger partial charge in [0.05, 0.1) is 0 Å². The second-order valence-electron chi connectivity index (χ2n) is 5.82. The van der Waals surface area contributed by atoms with Crippen molar-refractivity contribution in [3.05, 3.63) is 34.1 Å². The lowest BCUT2D eigenvalue weighted by molar-refractivity contribution is 0.0441. The van der Waals surface area contributed by atoms with E-state index in [0.29, 0.717) is 12.0 Å². The average Bonchev–Trinajstić information content (AvgIpc) is 2.38. The largest absolute Gasteiger partial charge is 0.313 e. The van der Waals surface area contributed by atoms with Crippen LogP contribution in [0.1, 0.15) is 51.5 Å². The number of halogens is 2. The summed E-state index contributed by atoms with van der Waals surface area (Å²) in [6, 6.07) is 5.68. The van der Waals surface area contributed by atoms with Gasteiger partial charge >= 0.3 is 0 Å². The van der Waals surface area contributed by atoms with Crippen molar-refractivity contribution in [2.75, 3.05) is 6.54 Å². The van der Waals surface area contributed by atoms with Gasteiger partial charge in [-0.05, 0) is 54.8 Å². The van der Waals surface area contributed by atoms with Crippen molar-refractivity contribution in [1.29, 1.82) is 0 Å². The fourth-order valence-corrected chi connectivity index (χ4v) is 3.88. The lowest BCUT2D eigenvalue weighted by Gasteiger charge is -2.55. The van der Waals surface area contributed by atoms with Gasteiger partial charge in [0, 0.05) is 10.5 Å². The smallest absolute Gasteiger partial charge is 0.124 e. The number of nitrogens with one attached hydrogen (secondary N) is 1. The van der Waals surface area contributed by atoms with Crippen molar-refractivity contribution in [2.45, 2.75) is 52.0 Å². The lowest BCUT2D eigenvalue weighted by Crippen LogP contribution is -2.56. The van der Waals surface area contributed by atoms with Gasteiger partial charge in [0.2, 0.25) is 0 Å². The SMILES string of the molecule is CCCNC1CC(c2ccc(F)cc2Br)C1(C)CC. The molecule has 19 heavy (non-hydrogen) atoms. The van der Waals surface area contributed by atoms with Crippen LogP contribution in [0.25, 0.3) is 0 Å². The van der Waals surface area contributed by atoms with Crippen molar-refractivity contribution in [2.24, 2.45) is 5.41 Å². The second kappa shape index (κ2) is 5.92. The Labute approximate surface area is 124 Å². The molecule has 1 N–H and O–H groups in total. The first-order valence-corrected chi connectivity index (χ1v) is 8.00. The number of rotatable bonds is 5. The molecule has 3 heteroatoms. The van der Waals surface area contributed by atoms with Gasteiger partial charge in [-0.2, -0.15) is 0 Å². The minimum Gasteiger partial charge on any atom is -0.313 e. The Morgan fingerprint density at radius 1 is 1.42 bits per heavy atom. The average molecular weight is 328 g/mol. The summed E-state index contributed by atoms with van der Waals surface area (Å²) in [5.74, 6) is 0.343.